The number of carboxylic acids is 1. The van der Waals surface area contributed by atoms with E-state index in [1.165, 1.54) is 0 Å². The monoisotopic (exact) mass is 417 g/mol. The number of nitrogens with one attached hydrogen (secondary N) is 1. The summed E-state index contributed by atoms with van der Waals surface area (Å²) in [5.74, 6) is -2.14. The van der Waals surface area contributed by atoms with Crippen molar-refractivity contribution in [2.24, 2.45) is 11.8 Å². The van der Waals surface area contributed by atoms with Gasteiger partial charge in [-0.25, -0.2) is 0 Å². The van der Waals surface area contributed by atoms with Gasteiger partial charge in [0.15, 0.2) is 0 Å². The highest BCUT2D eigenvalue weighted by Crippen LogP contribution is 2.35. The van der Waals surface area contributed by atoms with Gasteiger partial charge < -0.3 is 10.4 Å². The molecule has 1 aromatic carbocycles. The van der Waals surface area contributed by atoms with Crippen LogP contribution in [0.4, 0.5) is 5.69 Å². The van der Waals surface area contributed by atoms with Gasteiger partial charge in [-0.2, -0.15) is 0 Å². The molecule has 2 atom stereocenters. The Morgan fingerprint density at radius 2 is 1.67 bits per heavy atom. The Kier molecular flexibility index (Phi) is 5.43. The van der Waals surface area contributed by atoms with E-state index >= 15 is 0 Å². The van der Waals surface area contributed by atoms with Gasteiger partial charge in [-0.1, -0.05) is 12.8 Å². The molecule has 1 saturated carbocycles. The first-order chi connectivity index (χ1) is 9.90. The van der Waals surface area contributed by atoms with Crippen molar-refractivity contribution in [1.29, 1.82) is 0 Å². The zero-order chi connectivity index (χ0) is 15.6. The van der Waals surface area contributed by atoms with E-state index < -0.39 is 17.8 Å². The lowest BCUT2D eigenvalue weighted by atomic mass is 9.78. The Morgan fingerprint density at radius 3 is 2.19 bits per heavy atom. The maximum absolute atomic E-state index is 12.5. The molecule has 1 aromatic rings. The first-order valence-corrected chi connectivity index (χ1v) is 8.48. The molecular formula is C15H17Br2NO3. The summed E-state index contributed by atoms with van der Waals surface area (Å²) in [4.78, 5) is 23.8. The summed E-state index contributed by atoms with van der Waals surface area (Å²) in [6.45, 7) is 1.96. The summed E-state index contributed by atoms with van der Waals surface area (Å²) in [5, 5.41) is 12.1. The molecule has 0 heterocycles. The number of halogens is 2. The molecule has 1 fully saturated rings. The van der Waals surface area contributed by atoms with Crippen molar-refractivity contribution in [3.05, 3.63) is 26.6 Å². The molecule has 1 aliphatic rings. The number of amides is 1. The van der Waals surface area contributed by atoms with Crippen LogP contribution in [0.1, 0.15) is 31.2 Å². The fraction of sp³-hybridized carbons (Fsp3) is 0.467. The topological polar surface area (TPSA) is 66.4 Å². The quantitative estimate of drug-likeness (QED) is 0.766. The fourth-order valence-electron chi connectivity index (χ4n) is 2.78. The van der Waals surface area contributed by atoms with E-state index in [0.29, 0.717) is 18.5 Å². The highest BCUT2D eigenvalue weighted by Gasteiger charge is 2.36. The number of hydrogen-bond donors (Lipinski definition) is 2. The molecule has 0 radical (unpaired) electrons. The standard InChI is InChI=1S/C15H17Br2NO3/c1-8-6-11(16)13(12(17)7-8)18-14(19)9-4-2-3-5-10(9)15(20)21/h6-7,9-10H,2-5H2,1H3,(H,18,19)(H,20,21)/t9-,10+/m1/s1. The minimum absolute atomic E-state index is 0.215. The second-order valence-electron chi connectivity index (χ2n) is 5.43. The molecule has 0 aliphatic heterocycles. The number of carbonyl (C=O) groups excluding carboxylic acids is 1. The van der Waals surface area contributed by atoms with Crippen LogP contribution in [0, 0.1) is 18.8 Å². The van der Waals surface area contributed by atoms with Crippen LogP contribution < -0.4 is 5.32 Å². The van der Waals surface area contributed by atoms with Crippen molar-refractivity contribution in [2.45, 2.75) is 32.6 Å². The number of anilines is 1. The number of aryl methyl sites for hydroxylation is 1. The summed E-state index contributed by atoms with van der Waals surface area (Å²) < 4.78 is 1.57. The molecule has 21 heavy (non-hydrogen) atoms. The fourth-order valence-corrected chi connectivity index (χ4v) is 4.39. The summed E-state index contributed by atoms with van der Waals surface area (Å²) in [7, 11) is 0. The molecule has 1 amide bonds. The van der Waals surface area contributed by atoms with Crippen LogP contribution in [0.3, 0.4) is 0 Å². The number of aliphatic carboxylic acids is 1. The normalized spacial score (nSPS) is 21.9. The molecule has 2 rings (SSSR count). The highest BCUT2D eigenvalue weighted by atomic mass is 79.9. The third-order valence-electron chi connectivity index (χ3n) is 3.85. The number of carboxylic acid groups (broad SMARTS) is 1. The van der Waals surface area contributed by atoms with Crippen molar-refractivity contribution >= 4 is 49.4 Å². The van der Waals surface area contributed by atoms with E-state index in [1.54, 1.807) is 0 Å². The SMILES string of the molecule is Cc1cc(Br)c(NC(=O)[C@@H]2CCCC[C@@H]2C(=O)O)c(Br)c1. The van der Waals surface area contributed by atoms with Gasteiger partial charge in [-0.05, 0) is 69.3 Å². The lowest BCUT2D eigenvalue weighted by Crippen LogP contribution is -2.36. The van der Waals surface area contributed by atoms with Gasteiger partial charge >= 0.3 is 5.97 Å². The molecule has 114 valence electrons. The van der Waals surface area contributed by atoms with Crippen molar-refractivity contribution in [2.75, 3.05) is 5.32 Å². The Hall–Kier alpha value is -0.880. The smallest absolute Gasteiger partial charge is 0.307 e. The Morgan fingerprint density at radius 1 is 1.14 bits per heavy atom. The van der Waals surface area contributed by atoms with Crippen molar-refractivity contribution in [3.63, 3.8) is 0 Å². The minimum atomic E-state index is -0.878. The van der Waals surface area contributed by atoms with Crippen LogP contribution in [0.25, 0.3) is 0 Å². The zero-order valence-corrected chi connectivity index (χ0v) is 14.8. The molecule has 2 N–H and O–H groups in total. The third-order valence-corrected chi connectivity index (χ3v) is 5.11. The van der Waals surface area contributed by atoms with E-state index in [0.717, 1.165) is 27.4 Å². The van der Waals surface area contributed by atoms with Gasteiger partial charge in [0, 0.05) is 8.95 Å². The van der Waals surface area contributed by atoms with Gasteiger partial charge in [0.25, 0.3) is 0 Å². The first-order valence-electron chi connectivity index (χ1n) is 6.89. The Bertz CT molecular complexity index is 551. The van der Waals surface area contributed by atoms with E-state index in [4.69, 9.17) is 0 Å². The molecule has 0 unspecified atom stereocenters. The highest BCUT2D eigenvalue weighted by molar-refractivity contribution is 9.11. The molecule has 6 heteroatoms. The first kappa shape index (κ1) is 16.5. The van der Waals surface area contributed by atoms with Crippen molar-refractivity contribution < 1.29 is 14.7 Å². The zero-order valence-electron chi connectivity index (χ0n) is 11.7. The molecule has 0 aromatic heterocycles. The summed E-state index contributed by atoms with van der Waals surface area (Å²) >= 11 is 6.87. The third kappa shape index (κ3) is 3.86. The maximum Gasteiger partial charge on any atom is 0.307 e. The van der Waals surface area contributed by atoms with E-state index in [2.05, 4.69) is 37.2 Å². The van der Waals surface area contributed by atoms with Gasteiger partial charge in [0.2, 0.25) is 5.91 Å². The van der Waals surface area contributed by atoms with Crippen LogP contribution in [0.15, 0.2) is 21.1 Å². The lowest BCUT2D eigenvalue weighted by molar-refractivity contribution is -0.147. The molecule has 0 spiro atoms. The van der Waals surface area contributed by atoms with E-state index in [9.17, 15) is 14.7 Å². The van der Waals surface area contributed by atoms with Gasteiger partial charge in [0.05, 0.1) is 17.5 Å². The number of hydrogen-bond acceptors (Lipinski definition) is 2. The predicted octanol–water partition coefficient (Wildman–Crippen LogP) is 4.35. The Labute approximate surface area is 140 Å². The van der Waals surface area contributed by atoms with Gasteiger partial charge in [-0.3, -0.25) is 9.59 Å². The van der Waals surface area contributed by atoms with E-state index in [1.807, 2.05) is 19.1 Å². The summed E-state index contributed by atoms with van der Waals surface area (Å²) in [5.41, 5.74) is 1.72. The molecule has 1 aliphatic carbocycles. The van der Waals surface area contributed by atoms with Gasteiger partial charge in [-0.15, -0.1) is 0 Å². The van der Waals surface area contributed by atoms with Crippen LogP contribution >= 0.6 is 31.9 Å². The second-order valence-corrected chi connectivity index (χ2v) is 7.14. The molecular weight excluding hydrogens is 402 g/mol. The largest absolute Gasteiger partial charge is 0.481 e. The van der Waals surface area contributed by atoms with Crippen LogP contribution in [0.5, 0.6) is 0 Å². The van der Waals surface area contributed by atoms with Crippen LogP contribution in [0.2, 0.25) is 0 Å². The van der Waals surface area contributed by atoms with Crippen molar-refractivity contribution in [3.8, 4) is 0 Å². The average Bonchev–Trinajstić information content (AvgIpc) is 2.42. The molecule has 0 bridgehead atoms. The maximum atomic E-state index is 12.5. The number of benzene rings is 1. The predicted molar refractivity (Wildman–Crippen MR) is 88.3 cm³/mol. The molecule has 4 nitrogen and oxygen atoms in total. The van der Waals surface area contributed by atoms with E-state index in [-0.39, 0.29) is 5.91 Å². The second kappa shape index (κ2) is 6.92. The number of rotatable bonds is 3. The minimum Gasteiger partial charge on any atom is -0.481 e. The van der Waals surface area contributed by atoms with Crippen LogP contribution in [-0.4, -0.2) is 17.0 Å². The lowest BCUT2D eigenvalue weighted by Gasteiger charge is -2.27. The number of carbonyl (C=O) groups is 2. The average molecular weight is 419 g/mol. The van der Waals surface area contributed by atoms with Crippen molar-refractivity contribution in [1.82, 2.24) is 0 Å². The van der Waals surface area contributed by atoms with Gasteiger partial charge in [0.1, 0.15) is 0 Å². The summed E-state index contributed by atoms with van der Waals surface area (Å²) in [6.07, 6.45) is 2.98. The summed E-state index contributed by atoms with van der Waals surface area (Å²) in [6, 6.07) is 3.83. The Balaban J connectivity index is 2.19. The van der Waals surface area contributed by atoms with Crippen LogP contribution in [-0.2, 0) is 9.59 Å². The molecule has 0 saturated heterocycles.